The van der Waals surface area contributed by atoms with Crippen LogP contribution in [0, 0.1) is 18.6 Å². The van der Waals surface area contributed by atoms with Crippen LogP contribution in [0.2, 0.25) is 0 Å². The third-order valence-corrected chi connectivity index (χ3v) is 3.69. The van der Waals surface area contributed by atoms with Gasteiger partial charge < -0.3 is 5.32 Å². The molecular weight excluding hydrogens is 256 g/mol. The molecule has 1 nitrogen and oxygen atoms in total. The number of hydrogen-bond donors (Lipinski definition) is 1. The van der Waals surface area contributed by atoms with E-state index in [0.717, 1.165) is 17.7 Å². The fraction of sp³-hybridized carbons (Fsp3) is 0.294. The van der Waals surface area contributed by atoms with Crippen molar-refractivity contribution >= 4 is 0 Å². The van der Waals surface area contributed by atoms with Crippen molar-refractivity contribution in [1.82, 2.24) is 5.32 Å². The first-order valence-electron chi connectivity index (χ1n) is 6.92. The number of halogens is 2. The Balaban J connectivity index is 1.83. The minimum atomic E-state index is -0.809. The summed E-state index contributed by atoms with van der Waals surface area (Å²) in [6, 6.07) is 10.8. The van der Waals surface area contributed by atoms with Crippen LogP contribution in [-0.2, 0) is 6.54 Å². The molecule has 20 heavy (non-hydrogen) atoms. The Labute approximate surface area is 117 Å². The molecule has 104 valence electrons. The van der Waals surface area contributed by atoms with Crippen LogP contribution in [0.25, 0.3) is 11.1 Å². The van der Waals surface area contributed by atoms with Gasteiger partial charge in [0, 0.05) is 12.6 Å². The quantitative estimate of drug-likeness (QED) is 0.880. The number of nitrogens with one attached hydrogen (secondary N) is 1. The molecule has 2 aromatic rings. The summed E-state index contributed by atoms with van der Waals surface area (Å²) in [6.07, 6.45) is 2.54. The third-order valence-electron chi connectivity index (χ3n) is 3.69. The maximum atomic E-state index is 13.3. The highest BCUT2D eigenvalue weighted by Gasteiger charge is 2.19. The van der Waals surface area contributed by atoms with Crippen LogP contribution in [0.15, 0.2) is 36.4 Å². The molecule has 0 spiro atoms. The van der Waals surface area contributed by atoms with Gasteiger partial charge in [0.05, 0.1) is 0 Å². The van der Waals surface area contributed by atoms with Gasteiger partial charge in [-0.2, -0.15) is 0 Å². The van der Waals surface area contributed by atoms with E-state index < -0.39 is 11.6 Å². The molecule has 1 aliphatic carbocycles. The van der Waals surface area contributed by atoms with Gasteiger partial charge in [-0.05, 0) is 54.2 Å². The molecule has 0 aliphatic heterocycles. The second kappa shape index (κ2) is 5.33. The summed E-state index contributed by atoms with van der Waals surface area (Å²) in [6.45, 7) is 2.86. The fourth-order valence-corrected chi connectivity index (χ4v) is 2.37. The minimum absolute atomic E-state index is 0.682. The van der Waals surface area contributed by atoms with Gasteiger partial charge in [0.15, 0.2) is 11.6 Å². The van der Waals surface area contributed by atoms with Crippen LogP contribution in [0.5, 0.6) is 0 Å². The molecule has 0 bridgehead atoms. The van der Waals surface area contributed by atoms with Crippen molar-refractivity contribution in [2.45, 2.75) is 32.4 Å². The molecule has 0 aromatic heterocycles. The molecule has 3 heteroatoms. The predicted octanol–water partition coefficient (Wildman–Crippen LogP) is 4.19. The largest absolute Gasteiger partial charge is 0.310 e. The molecule has 3 rings (SSSR count). The van der Waals surface area contributed by atoms with E-state index in [4.69, 9.17) is 0 Å². The Hall–Kier alpha value is -1.74. The molecule has 0 amide bonds. The molecule has 0 unspecified atom stereocenters. The molecule has 0 heterocycles. The van der Waals surface area contributed by atoms with E-state index in [1.165, 1.54) is 30.5 Å². The Morgan fingerprint density at radius 2 is 1.85 bits per heavy atom. The van der Waals surface area contributed by atoms with Crippen molar-refractivity contribution in [1.29, 1.82) is 0 Å². The Bertz CT molecular complexity index is 633. The third kappa shape index (κ3) is 2.88. The Morgan fingerprint density at radius 3 is 2.50 bits per heavy atom. The van der Waals surface area contributed by atoms with E-state index in [1.807, 2.05) is 19.1 Å². The molecule has 1 aliphatic rings. The summed E-state index contributed by atoms with van der Waals surface area (Å²) in [7, 11) is 0. The van der Waals surface area contributed by atoms with Gasteiger partial charge in [0.2, 0.25) is 0 Å². The number of benzene rings is 2. The van der Waals surface area contributed by atoms with E-state index in [-0.39, 0.29) is 0 Å². The van der Waals surface area contributed by atoms with Crippen LogP contribution in [0.4, 0.5) is 8.78 Å². The number of hydrogen-bond acceptors (Lipinski definition) is 1. The van der Waals surface area contributed by atoms with Gasteiger partial charge in [-0.15, -0.1) is 0 Å². The first-order chi connectivity index (χ1) is 9.63. The number of aryl methyl sites for hydroxylation is 1. The van der Waals surface area contributed by atoms with E-state index in [1.54, 1.807) is 6.07 Å². The van der Waals surface area contributed by atoms with Crippen molar-refractivity contribution in [2.24, 2.45) is 0 Å². The van der Waals surface area contributed by atoms with Crippen LogP contribution < -0.4 is 5.32 Å². The van der Waals surface area contributed by atoms with Crippen LogP contribution in [0.3, 0.4) is 0 Å². The number of rotatable bonds is 4. The van der Waals surface area contributed by atoms with Crippen LogP contribution in [-0.4, -0.2) is 6.04 Å². The second-order valence-electron chi connectivity index (χ2n) is 5.43. The van der Waals surface area contributed by atoms with Gasteiger partial charge in [0.1, 0.15) is 0 Å². The molecule has 0 saturated heterocycles. The standard InChI is InChI=1S/C17H17F2N/c1-11-8-12(10-20-14-4-5-14)2-6-15(11)13-3-7-16(18)17(19)9-13/h2-3,6-9,14,20H,4-5,10H2,1H3. The lowest BCUT2D eigenvalue weighted by Gasteiger charge is -2.10. The molecule has 1 N–H and O–H groups in total. The molecule has 1 fully saturated rings. The zero-order chi connectivity index (χ0) is 14.1. The van der Waals surface area contributed by atoms with E-state index in [9.17, 15) is 8.78 Å². The van der Waals surface area contributed by atoms with Crippen LogP contribution >= 0.6 is 0 Å². The van der Waals surface area contributed by atoms with Crippen molar-refractivity contribution in [3.63, 3.8) is 0 Å². The molecular formula is C17H17F2N. The summed E-state index contributed by atoms with van der Waals surface area (Å²) in [4.78, 5) is 0. The monoisotopic (exact) mass is 273 g/mol. The SMILES string of the molecule is Cc1cc(CNC2CC2)ccc1-c1ccc(F)c(F)c1. The summed E-state index contributed by atoms with van der Waals surface area (Å²) in [5.41, 5.74) is 3.95. The average Bonchev–Trinajstić information content (AvgIpc) is 3.24. The zero-order valence-electron chi connectivity index (χ0n) is 11.4. The van der Waals surface area contributed by atoms with E-state index in [0.29, 0.717) is 11.6 Å². The summed E-state index contributed by atoms with van der Waals surface area (Å²) < 4.78 is 26.3. The topological polar surface area (TPSA) is 12.0 Å². The zero-order valence-corrected chi connectivity index (χ0v) is 11.4. The van der Waals surface area contributed by atoms with Crippen molar-refractivity contribution < 1.29 is 8.78 Å². The summed E-state index contributed by atoms with van der Waals surface area (Å²) in [5.74, 6) is -1.61. The van der Waals surface area contributed by atoms with Gasteiger partial charge in [0.25, 0.3) is 0 Å². The van der Waals surface area contributed by atoms with Crippen molar-refractivity contribution in [3.05, 3.63) is 59.2 Å². The van der Waals surface area contributed by atoms with Gasteiger partial charge in [-0.25, -0.2) is 8.78 Å². The smallest absolute Gasteiger partial charge is 0.159 e. The highest BCUT2D eigenvalue weighted by molar-refractivity contribution is 5.67. The maximum absolute atomic E-state index is 13.3. The molecule has 1 saturated carbocycles. The lowest BCUT2D eigenvalue weighted by atomic mass is 9.98. The fourth-order valence-electron chi connectivity index (χ4n) is 2.37. The highest BCUT2D eigenvalue weighted by atomic mass is 19.2. The van der Waals surface area contributed by atoms with Gasteiger partial charge in [-0.1, -0.05) is 24.3 Å². The second-order valence-corrected chi connectivity index (χ2v) is 5.43. The average molecular weight is 273 g/mol. The maximum Gasteiger partial charge on any atom is 0.159 e. The van der Waals surface area contributed by atoms with Gasteiger partial charge in [-0.3, -0.25) is 0 Å². The Kier molecular flexibility index (Phi) is 3.53. The first kappa shape index (κ1) is 13.3. The summed E-state index contributed by atoms with van der Waals surface area (Å²) in [5, 5.41) is 3.47. The molecule has 2 aromatic carbocycles. The lowest BCUT2D eigenvalue weighted by molar-refractivity contribution is 0.509. The summed E-state index contributed by atoms with van der Waals surface area (Å²) >= 11 is 0. The molecule has 0 radical (unpaired) electrons. The lowest BCUT2D eigenvalue weighted by Crippen LogP contribution is -2.15. The van der Waals surface area contributed by atoms with Crippen LogP contribution in [0.1, 0.15) is 24.0 Å². The predicted molar refractivity (Wildman–Crippen MR) is 76.4 cm³/mol. The van der Waals surface area contributed by atoms with Crippen molar-refractivity contribution in [2.75, 3.05) is 0 Å². The Morgan fingerprint density at radius 1 is 1.05 bits per heavy atom. The van der Waals surface area contributed by atoms with E-state index in [2.05, 4.69) is 11.4 Å². The van der Waals surface area contributed by atoms with Gasteiger partial charge >= 0.3 is 0 Å². The minimum Gasteiger partial charge on any atom is -0.310 e. The highest BCUT2D eigenvalue weighted by Crippen LogP contribution is 2.26. The normalized spacial score (nSPS) is 14.6. The van der Waals surface area contributed by atoms with Crippen molar-refractivity contribution in [3.8, 4) is 11.1 Å². The first-order valence-corrected chi connectivity index (χ1v) is 6.92. The van der Waals surface area contributed by atoms with E-state index >= 15 is 0 Å². The molecule has 0 atom stereocenters.